The third kappa shape index (κ3) is 3.34. The Morgan fingerprint density at radius 2 is 1.94 bits per heavy atom. The zero-order valence-corrected chi connectivity index (χ0v) is 8.15. The van der Waals surface area contributed by atoms with Crippen molar-refractivity contribution in [1.82, 2.24) is 9.97 Å². The van der Waals surface area contributed by atoms with E-state index in [0.717, 1.165) is 18.5 Å². The lowest BCUT2D eigenvalue weighted by atomic mass is 10.3. The Hall–Kier alpha value is -1.92. The summed E-state index contributed by atoms with van der Waals surface area (Å²) in [5.74, 6) is -1.83. The van der Waals surface area contributed by atoms with E-state index < -0.39 is 18.0 Å². The normalized spacial score (nSPS) is 11.8. The van der Waals surface area contributed by atoms with Crippen LogP contribution in [0.25, 0.3) is 6.08 Å². The molecule has 0 aliphatic rings. The number of carbonyl (C=O) groups excluding carboxylic acids is 1. The number of alkyl halides is 3. The highest BCUT2D eigenvalue weighted by atomic mass is 19.4. The summed E-state index contributed by atoms with van der Waals surface area (Å²) in [7, 11) is 1.19. The zero-order valence-electron chi connectivity index (χ0n) is 8.15. The molecule has 0 fully saturated rings. The first-order valence-electron chi connectivity index (χ1n) is 4.09. The van der Waals surface area contributed by atoms with Crippen molar-refractivity contribution >= 4 is 12.0 Å². The third-order valence-electron chi connectivity index (χ3n) is 1.54. The first-order chi connectivity index (χ1) is 7.43. The van der Waals surface area contributed by atoms with Gasteiger partial charge in [-0.05, 0) is 6.08 Å². The van der Waals surface area contributed by atoms with E-state index in [2.05, 4.69) is 14.7 Å². The standard InChI is InChI=1S/C9H7F3N2O2/c1-16-7(15)3-2-6-4-13-8(14-5-6)9(10,11)12/h2-5H,1H3. The van der Waals surface area contributed by atoms with Gasteiger partial charge < -0.3 is 4.74 Å². The number of esters is 1. The minimum atomic E-state index is -4.56. The molecule has 0 amide bonds. The summed E-state index contributed by atoms with van der Waals surface area (Å²) in [5, 5.41) is 0. The molecule has 0 saturated heterocycles. The fraction of sp³-hybridized carbons (Fsp3) is 0.222. The predicted octanol–water partition coefficient (Wildman–Crippen LogP) is 1.68. The molecule has 1 heterocycles. The van der Waals surface area contributed by atoms with Gasteiger partial charge in [0, 0.05) is 24.0 Å². The minimum absolute atomic E-state index is 0.276. The van der Waals surface area contributed by atoms with Crippen LogP contribution in [0.1, 0.15) is 11.4 Å². The molecule has 4 nitrogen and oxygen atoms in total. The van der Waals surface area contributed by atoms with Gasteiger partial charge >= 0.3 is 12.1 Å². The van der Waals surface area contributed by atoms with Crippen LogP contribution >= 0.6 is 0 Å². The lowest BCUT2D eigenvalue weighted by Gasteiger charge is -2.03. The van der Waals surface area contributed by atoms with Gasteiger partial charge in [0.05, 0.1) is 7.11 Å². The van der Waals surface area contributed by atoms with Crippen molar-refractivity contribution in [2.45, 2.75) is 6.18 Å². The van der Waals surface area contributed by atoms with E-state index in [1.165, 1.54) is 13.2 Å². The molecule has 16 heavy (non-hydrogen) atoms. The highest BCUT2D eigenvalue weighted by Gasteiger charge is 2.34. The molecule has 0 aliphatic heterocycles. The van der Waals surface area contributed by atoms with E-state index in [1.807, 2.05) is 0 Å². The molecule has 0 aliphatic carbocycles. The molecule has 7 heteroatoms. The Bertz CT molecular complexity index is 398. The van der Waals surface area contributed by atoms with Gasteiger partial charge in [-0.25, -0.2) is 14.8 Å². The fourth-order valence-corrected chi connectivity index (χ4v) is 0.803. The largest absolute Gasteiger partial charge is 0.466 e. The van der Waals surface area contributed by atoms with E-state index in [4.69, 9.17) is 0 Å². The molecule has 0 saturated carbocycles. The number of hydrogen-bond donors (Lipinski definition) is 0. The topological polar surface area (TPSA) is 52.1 Å². The van der Waals surface area contributed by atoms with Gasteiger partial charge in [0.15, 0.2) is 0 Å². The number of ether oxygens (including phenoxy) is 1. The van der Waals surface area contributed by atoms with Crippen LogP contribution in [0.15, 0.2) is 18.5 Å². The van der Waals surface area contributed by atoms with Crippen molar-refractivity contribution in [3.63, 3.8) is 0 Å². The Balaban J connectivity index is 2.80. The molecule has 0 aromatic carbocycles. The maximum atomic E-state index is 12.1. The summed E-state index contributed by atoms with van der Waals surface area (Å²) in [6, 6.07) is 0. The molecule has 0 radical (unpaired) electrons. The van der Waals surface area contributed by atoms with Crippen molar-refractivity contribution < 1.29 is 22.7 Å². The first-order valence-corrected chi connectivity index (χ1v) is 4.09. The Morgan fingerprint density at radius 1 is 1.38 bits per heavy atom. The molecule has 0 N–H and O–H groups in total. The summed E-state index contributed by atoms with van der Waals surface area (Å²) in [6.45, 7) is 0. The van der Waals surface area contributed by atoms with Crippen LogP contribution < -0.4 is 0 Å². The van der Waals surface area contributed by atoms with Gasteiger partial charge in [0.2, 0.25) is 5.82 Å². The summed E-state index contributed by atoms with van der Waals surface area (Å²) in [5.41, 5.74) is 0.276. The van der Waals surface area contributed by atoms with Crippen LogP contribution in [-0.2, 0) is 15.7 Å². The van der Waals surface area contributed by atoms with E-state index in [1.54, 1.807) is 0 Å². The molecule has 0 bridgehead atoms. The Kier molecular flexibility index (Phi) is 3.60. The van der Waals surface area contributed by atoms with Crippen LogP contribution in [-0.4, -0.2) is 23.0 Å². The second-order valence-corrected chi connectivity index (χ2v) is 2.69. The molecular weight excluding hydrogens is 225 g/mol. The quantitative estimate of drug-likeness (QED) is 0.575. The third-order valence-corrected chi connectivity index (χ3v) is 1.54. The molecule has 0 atom stereocenters. The molecule has 1 aromatic heterocycles. The van der Waals surface area contributed by atoms with E-state index in [0.29, 0.717) is 0 Å². The van der Waals surface area contributed by atoms with Gasteiger partial charge in [-0.1, -0.05) is 0 Å². The van der Waals surface area contributed by atoms with Crippen LogP contribution in [0.3, 0.4) is 0 Å². The molecule has 0 spiro atoms. The maximum absolute atomic E-state index is 12.1. The molecule has 1 aromatic rings. The van der Waals surface area contributed by atoms with Crippen LogP contribution in [0.5, 0.6) is 0 Å². The smallest absolute Gasteiger partial charge is 0.451 e. The van der Waals surface area contributed by atoms with Crippen LogP contribution in [0.2, 0.25) is 0 Å². The van der Waals surface area contributed by atoms with Crippen molar-refractivity contribution in [3.05, 3.63) is 29.9 Å². The Labute approximate surface area is 88.8 Å². The average molecular weight is 232 g/mol. The number of nitrogens with zero attached hydrogens (tertiary/aromatic N) is 2. The second kappa shape index (κ2) is 4.73. The number of methoxy groups -OCH3 is 1. The highest BCUT2D eigenvalue weighted by Crippen LogP contribution is 2.25. The molecule has 86 valence electrons. The van der Waals surface area contributed by atoms with Crippen LogP contribution in [0, 0.1) is 0 Å². The number of carbonyl (C=O) groups is 1. The number of aromatic nitrogens is 2. The summed E-state index contributed by atoms with van der Waals surface area (Å²) in [4.78, 5) is 16.9. The van der Waals surface area contributed by atoms with E-state index in [9.17, 15) is 18.0 Å². The second-order valence-electron chi connectivity index (χ2n) is 2.69. The van der Waals surface area contributed by atoms with Crippen molar-refractivity contribution in [2.24, 2.45) is 0 Å². The zero-order chi connectivity index (χ0) is 12.2. The molecule has 0 unspecified atom stereocenters. The van der Waals surface area contributed by atoms with Crippen molar-refractivity contribution in [2.75, 3.05) is 7.11 Å². The Morgan fingerprint density at radius 3 is 2.38 bits per heavy atom. The van der Waals surface area contributed by atoms with Crippen molar-refractivity contribution in [3.8, 4) is 0 Å². The highest BCUT2D eigenvalue weighted by molar-refractivity contribution is 5.86. The SMILES string of the molecule is COC(=O)C=Cc1cnc(C(F)(F)F)nc1. The monoisotopic (exact) mass is 232 g/mol. The lowest BCUT2D eigenvalue weighted by Crippen LogP contribution is -2.10. The molecular formula is C9H7F3N2O2. The number of halogens is 3. The lowest BCUT2D eigenvalue weighted by molar-refractivity contribution is -0.145. The first kappa shape index (κ1) is 12.2. The van der Waals surface area contributed by atoms with Gasteiger partial charge in [-0.15, -0.1) is 0 Å². The fourth-order valence-electron chi connectivity index (χ4n) is 0.803. The minimum Gasteiger partial charge on any atom is -0.466 e. The summed E-state index contributed by atoms with van der Waals surface area (Å²) >= 11 is 0. The van der Waals surface area contributed by atoms with Gasteiger partial charge in [-0.2, -0.15) is 13.2 Å². The average Bonchev–Trinajstić information content (AvgIpc) is 2.25. The van der Waals surface area contributed by atoms with Gasteiger partial charge in [0.1, 0.15) is 0 Å². The van der Waals surface area contributed by atoms with E-state index >= 15 is 0 Å². The maximum Gasteiger partial charge on any atom is 0.451 e. The van der Waals surface area contributed by atoms with Crippen LogP contribution in [0.4, 0.5) is 13.2 Å². The van der Waals surface area contributed by atoms with Crippen molar-refractivity contribution in [1.29, 1.82) is 0 Å². The van der Waals surface area contributed by atoms with Gasteiger partial charge in [0.25, 0.3) is 0 Å². The van der Waals surface area contributed by atoms with E-state index in [-0.39, 0.29) is 5.56 Å². The van der Waals surface area contributed by atoms with Gasteiger partial charge in [-0.3, -0.25) is 0 Å². The summed E-state index contributed by atoms with van der Waals surface area (Å²) in [6.07, 6.45) is -0.312. The molecule has 1 rings (SSSR count). The number of rotatable bonds is 2. The number of hydrogen-bond acceptors (Lipinski definition) is 4. The summed E-state index contributed by atoms with van der Waals surface area (Å²) < 4.78 is 40.5. The predicted molar refractivity (Wildman–Crippen MR) is 48.1 cm³/mol.